The number of hydrogen-bond acceptors (Lipinski definition) is 2. The van der Waals surface area contributed by atoms with E-state index in [1.165, 1.54) is 0 Å². The Kier molecular flexibility index (Phi) is 3.68. The molecule has 1 amide bonds. The summed E-state index contributed by atoms with van der Waals surface area (Å²) in [6.45, 7) is 0. The predicted octanol–water partition coefficient (Wildman–Crippen LogP) is 1.21. The zero-order chi connectivity index (χ0) is 10.6. The van der Waals surface area contributed by atoms with Crippen LogP contribution in [-0.4, -0.2) is 17.0 Å². The SMILES string of the molecule is NC(=O)C(C(=O)O)=C1CCCCCC1. The Morgan fingerprint density at radius 2 is 1.57 bits per heavy atom. The van der Waals surface area contributed by atoms with E-state index in [4.69, 9.17) is 10.8 Å². The van der Waals surface area contributed by atoms with Gasteiger partial charge in [0.05, 0.1) is 0 Å². The third-order valence-corrected chi connectivity index (χ3v) is 2.52. The molecule has 1 aliphatic carbocycles. The average molecular weight is 197 g/mol. The third-order valence-electron chi connectivity index (χ3n) is 2.52. The zero-order valence-electron chi connectivity index (χ0n) is 8.08. The summed E-state index contributed by atoms with van der Waals surface area (Å²) in [6.07, 6.45) is 5.53. The van der Waals surface area contributed by atoms with E-state index in [9.17, 15) is 9.59 Å². The van der Waals surface area contributed by atoms with Gasteiger partial charge in [-0.15, -0.1) is 0 Å². The Hall–Kier alpha value is -1.32. The first kappa shape index (κ1) is 10.8. The van der Waals surface area contributed by atoms with Gasteiger partial charge in [-0.25, -0.2) is 4.79 Å². The largest absolute Gasteiger partial charge is 0.477 e. The molecule has 0 saturated heterocycles. The molecule has 0 spiro atoms. The number of carboxylic acids is 1. The highest BCUT2D eigenvalue weighted by Gasteiger charge is 2.20. The summed E-state index contributed by atoms with van der Waals surface area (Å²) in [4.78, 5) is 21.7. The Morgan fingerprint density at radius 3 is 1.93 bits per heavy atom. The molecule has 4 heteroatoms. The molecular weight excluding hydrogens is 182 g/mol. The van der Waals surface area contributed by atoms with Crippen LogP contribution < -0.4 is 5.73 Å². The van der Waals surface area contributed by atoms with Crippen molar-refractivity contribution in [1.82, 2.24) is 0 Å². The molecule has 0 atom stereocenters. The molecule has 0 unspecified atom stereocenters. The quantitative estimate of drug-likeness (QED) is 0.302. The van der Waals surface area contributed by atoms with Gasteiger partial charge in [0.25, 0.3) is 5.91 Å². The van der Waals surface area contributed by atoms with Crippen LogP contribution in [0.5, 0.6) is 0 Å². The van der Waals surface area contributed by atoms with Crippen LogP contribution in [0.3, 0.4) is 0 Å². The average Bonchev–Trinajstić information content (AvgIpc) is 2.31. The summed E-state index contributed by atoms with van der Waals surface area (Å²) < 4.78 is 0. The molecule has 1 saturated carbocycles. The predicted molar refractivity (Wildman–Crippen MR) is 51.6 cm³/mol. The zero-order valence-corrected chi connectivity index (χ0v) is 8.08. The van der Waals surface area contributed by atoms with Crippen LogP contribution in [0.25, 0.3) is 0 Å². The summed E-state index contributed by atoms with van der Waals surface area (Å²) in [5.41, 5.74) is 5.58. The maximum atomic E-state index is 10.9. The fraction of sp³-hybridized carbons (Fsp3) is 0.600. The summed E-state index contributed by atoms with van der Waals surface area (Å²) >= 11 is 0. The van der Waals surface area contributed by atoms with Gasteiger partial charge in [0, 0.05) is 0 Å². The summed E-state index contributed by atoms with van der Waals surface area (Å²) in [6, 6.07) is 0. The Morgan fingerprint density at radius 1 is 1.07 bits per heavy atom. The van der Waals surface area contributed by atoms with Crippen molar-refractivity contribution in [3.63, 3.8) is 0 Å². The van der Waals surface area contributed by atoms with Crippen LogP contribution in [-0.2, 0) is 9.59 Å². The molecule has 1 fully saturated rings. The molecular formula is C10H15NO3. The molecule has 0 aromatic carbocycles. The second-order valence-corrected chi connectivity index (χ2v) is 3.56. The number of amides is 1. The van der Waals surface area contributed by atoms with Crippen LogP contribution >= 0.6 is 0 Å². The monoisotopic (exact) mass is 197 g/mol. The highest BCUT2D eigenvalue weighted by Crippen LogP contribution is 2.24. The lowest BCUT2D eigenvalue weighted by molar-refractivity contribution is -0.134. The third kappa shape index (κ3) is 2.58. The van der Waals surface area contributed by atoms with Gasteiger partial charge >= 0.3 is 5.97 Å². The number of carbonyl (C=O) groups is 2. The maximum absolute atomic E-state index is 10.9. The lowest BCUT2D eigenvalue weighted by Gasteiger charge is -2.06. The van der Waals surface area contributed by atoms with Crippen molar-refractivity contribution in [2.45, 2.75) is 38.5 Å². The second-order valence-electron chi connectivity index (χ2n) is 3.56. The van der Waals surface area contributed by atoms with Crippen molar-refractivity contribution in [3.8, 4) is 0 Å². The molecule has 0 bridgehead atoms. The Balaban J connectivity index is 2.94. The van der Waals surface area contributed by atoms with E-state index >= 15 is 0 Å². The summed E-state index contributed by atoms with van der Waals surface area (Å²) in [7, 11) is 0. The van der Waals surface area contributed by atoms with Crippen molar-refractivity contribution in [3.05, 3.63) is 11.1 Å². The van der Waals surface area contributed by atoms with E-state index in [0.29, 0.717) is 12.8 Å². The van der Waals surface area contributed by atoms with Crippen LogP contribution in [0.15, 0.2) is 11.1 Å². The first-order valence-corrected chi connectivity index (χ1v) is 4.88. The maximum Gasteiger partial charge on any atom is 0.341 e. The van der Waals surface area contributed by atoms with Crippen LogP contribution in [0.4, 0.5) is 0 Å². The van der Waals surface area contributed by atoms with Gasteiger partial charge in [0.1, 0.15) is 5.57 Å². The number of carboxylic acid groups (broad SMARTS) is 1. The van der Waals surface area contributed by atoms with Crippen molar-refractivity contribution >= 4 is 11.9 Å². The van der Waals surface area contributed by atoms with Crippen molar-refractivity contribution < 1.29 is 14.7 Å². The molecule has 0 aromatic heterocycles. The van der Waals surface area contributed by atoms with Crippen molar-refractivity contribution in [1.29, 1.82) is 0 Å². The molecule has 0 radical (unpaired) electrons. The van der Waals surface area contributed by atoms with Crippen LogP contribution in [0.1, 0.15) is 38.5 Å². The fourth-order valence-corrected chi connectivity index (χ4v) is 1.84. The Labute approximate surface area is 82.8 Å². The second kappa shape index (κ2) is 4.79. The van der Waals surface area contributed by atoms with Gasteiger partial charge in [0.2, 0.25) is 0 Å². The number of primary amides is 1. The fourth-order valence-electron chi connectivity index (χ4n) is 1.84. The number of nitrogens with two attached hydrogens (primary N) is 1. The highest BCUT2D eigenvalue weighted by molar-refractivity contribution is 6.15. The standard InChI is InChI=1S/C10H15NO3/c11-9(12)8(10(13)14)7-5-3-1-2-4-6-7/h1-6H2,(H2,11,12)(H,13,14). The van der Waals surface area contributed by atoms with Gasteiger partial charge in [-0.05, 0) is 25.7 Å². The van der Waals surface area contributed by atoms with Crippen molar-refractivity contribution in [2.75, 3.05) is 0 Å². The molecule has 0 heterocycles. The number of carbonyl (C=O) groups excluding carboxylic acids is 1. The lowest BCUT2D eigenvalue weighted by Crippen LogP contribution is -2.22. The molecule has 78 valence electrons. The molecule has 4 nitrogen and oxygen atoms in total. The van der Waals surface area contributed by atoms with Crippen LogP contribution in [0, 0.1) is 0 Å². The summed E-state index contributed by atoms with van der Waals surface area (Å²) in [5.74, 6) is -2.00. The van der Waals surface area contributed by atoms with Gasteiger partial charge in [-0.1, -0.05) is 18.4 Å². The van der Waals surface area contributed by atoms with Crippen molar-refractivity contribution in [2.24, 2.45) is 5.73 Å². The minimum absolute atomic E-state index is 0.188. The summed E-state index contributed by atoms with van der Waals surface area (Å²) in [5, 5.41) is 8.83. The smallest absolute Gasteiger partial charge is 0.341 e. The molecule has 0 aromatic rings. The normalized spacial score (nSPS) is 17.3. The molecule has 0 aliphatic heterocycles. The first-order valence-electron chi connectivity index (χ1n) is 4.88. The van der Waals surface area contributed by atoms with Gasteiger partial charge in [-0.3, -0.25) is 4.79 Å². The van der Waals surface area contributed by atoms with E-state index in [1.54, 1.807) is 0 Å². The minimum atomic E-state index is -1.19. The van der Waals surface area contributed by atoms with Gasteiger partial charge in [-0.2, -0.15) is 0 Å². The van der Waals surface area contributed by atoms with E-state index in [1.807, 2.05) is 0 Å². The van der Waals surface area contributed by atoms with E-state index in [0.717, 1.165) is 31.3 Å². The van der Waals surface area contributed by atoms with Gasteiger partial charge < -0.3 is 10.8 Å². The first-order chi connectivity index (χ1) is 6.63. The lowest BCUT2D eigenvalue weighted by atomic mass is 10.0. The van der Waals surface area contributed by atoms with Gasteiger partial charge in [0.15, 0.2) is 0 Å². The van der Waals surface area contributed by atoms with E-state index in [2.05, 4.69) is 0 Å². The van der Waals surface area contributed by atoms with Crippen LogP contribution in [0.2, 0.25) is 0 Å². The molecule has 14 heavy (non-hydrogen) atoms. The Bertz CT molecular complexity index is 255. The molecule has 3 N–H and O–H groups in total. The number of rotatable bonds is 2. The minimum Gasteiger partial charge on any atom is -0.477 e. The number of aliphatic carboxylic acids is 1. The van der Waals surface area contributed by atoms with E-state index < -0.39 is 11.9 Å². The van der Waals surface area contributed by atoms with E-state index in [-0.39, 0.29) is 5.57 Å². The highest BCUT2D eigenvalue weighted by atomic mass is 16.4. The topological polar surface area (TPSA) is 80.4 Å². The number of hydrogen-bond donors (Lipinski definition) is 2. The number of allylic oxidation sites excluding steroid dienone is 1. The molecule has 1 aliphatic rings. The molecule has 1 rings (SSSR count).